The van der Waals surface area contributed by atoms with E-state index in [1.165, 1.54) is 23.1 Å². The van der Waals surface area contributed by atoms with E-state index in [-0.39, 0.29) is 5.91 Å². The van der Waals surface area contributed by atoms with Crippen LogP contribution in [0, 0.1) is 5.82 Å². The maximum atomic E-state index is 13.4. The minimum Gasteiger partial charge on any atom is -0.368 e. The van der Waals surface area contributed by atoms with Crippen LogP contribution < -0.4 is 5.73 Å². The monoisotopic (exact) mass is 284 g/mol. The van der Waals surface area contributed by atoms with Gasteiger partial charge in [0.25, 0.3) is 5.91 Å². The number of nitrogens with zero attached hydrogens (tertiary/aromatic N) is 1. The molecular formula is C16H13FN2O2. The van der Waals surface area contributed by atoms with Crippen molar-refractivity contribution in [3.63, 3.8) is 0 Å². The lowest BCUT2D eigenvalue weighted by Gasteiger charge is -2.25. The van der Waals surface area contributed by atoms with Crippen LogP contribution in [0.5, 0.6) is 0 Å². The highest BCUT2D eigenvalue weighted by Gasteiger charge is 2.36. The summed E-state index contributed by atoms with van der Waals surface area (Å²) < 4.78 is 13.4. The number of hydrogen-bond acceptors (Lipinski definition) is 2. The van der Waals surface area contributed by atoms with Crippen LogP contribution in [0.4, 0.5) is 4.39 Å². The molecule has 0 aliphatic carbocycles. The van der Waals surface area contributed by atoms with Gasteiger partial charge in [-0.2, -0.15) is 0 Å². The highest BCUT2D eigenvalue weighted by molar-refractivity contribution is 6.01. The van der Waals surface area contributed by atoms with Crippen LogP contribution in [0.2, 0.25) is 0 Å². The average molecular weight is 284 g/mol. The fourth-order valence-corrected chi connectivity index (χ4v) is 2.66. The third-order valence-electron chi connectivity index (χ3n) is 3.59. The number of hydrogen-bond donors (Lipinski definition) is 1. The normalized spacial score (nSPS) is 14.9. The van der Waals surface area contributed by atoms with Crippen LogP contribution >= 0.6 is 0 Å². The maximum absolute atomic E-state index is 13.4. The Labute approximate surface area is 121 Å². The molecule has 5 heteroatoms. The number of fused-ring (bicyclic) bond motifs is 1. The number of nitrogens with two attached hydrogens (primary N) is 1. The summed E-state index contributed by atoms with van der Waals surface area (Å²) in [6, 6.07) is 11.8. The third-order valence-corrected chi connectivity index (χ3v) is 3.59. The topological polar surface area (TPSA) is 63.4 Å². The average Bonchev–Trinajstić information content (AvgIpc) is 2.77. The molecule has 1 atom stereocenters. The Morgan fingerprint density at radius 2 is 1.95 bits per heavy atom. The SMILES string of the molecule is NC(=O)C(c1cccc(F)c1)N1Cc2ccccc2C1=O. The van der Waals surface area contributed by atoms with Crippen molar-refractivity contribution in [2.45, 2.75) is 12.6 Å². The largest absolute Gasteiger partial charge is 0.368 e. The first kappa shape index (κ1) is 13.3. The minimum absolute atomic E-state index is 0.265. The molecule has 3 rings (SSSR count). The van der Waals surface area contributed by atoms with Crippen LogP contribution in [0.25, 0.3) is 0 Å². The molecule has 1 heterocycles. The van der Waals surface area contributed by atoms with E-state index in [1.807, 2.05) is 12.1 Å². The Kier molecular flexibility index (Phi) is 3.17. The zero-order chi connectivity index (χ0) is 15.0. The van der Waals surface area contributed by atoms with Crippen molar-refractivity contribution in [2.75, 3.05) is 0 Å². The van der Waals surface area contributed by atoms with Crippen LogP contribution in [-0.2, 0) is 11.3 Å². The van der Waals surface area contributed by atoms with Gasteiger partial charge in [-0.05, 0) is 29.3 Å². The molecule has 1 aliphatic rings. The van der Waals surface area contributed by atoms with E-state index in [1.54, 1.807) is 18.2 Å². The molecule has 4 nitrogen and oxygen atoms in total. The summed E-state index contributed by atoms with van der Waals surface area (Å²) in [5.74, 6) is -1.41. The van der Waals surface area contributed by atoms with E-state index in [2.05, 4.69) is 0 Å². The Hall–Kier alpha value is -2.69. The molecule has 0 fully saturated rings. The van der Waals surface area contributed by atoms with Crippen LogP contribution in [-0.4, -0.2) is 16.7 Å². The van der Waals surface area contributed by atoms with Gasteiger partial charge in [0.15, 0.2) is 0 Å². The number of halogens is 1. The van der Waals surface area contributed by atoms with E-state index in [0.717, 1.165) is 5.56 Å². The second-order valence-corrected chi connectivity index (χ2v) is 4.95. The molecule has 2 N–H and O–H groups in total. The standard InChI is InChI=1S/C16H13FN2O2/c17-12-6-3-5-10(8-12)14(15(18)20)19-9-11-4-1-2-7-13(11)16(19)21/h1-8,14H,9H2,(H2,18,20). The second kappa shape index (κ2) is 5.01. The predicted octanol–water partition coefficient (Wildman–Crippen LogP) is 2.01. The Bertz CT molecular complexity index is 730. The summed E-state index contributed by atoms with van der Waals surface area (Å²) in [4.78, 5) is 25.6. The van der Waals surface area contributed by atoms with Crippen molar-refractivity contribution in [3.8, 4) is 0 Å². The fourth-order valence-electron chi connectivity index (χ4n) is 2.66. The fraction of sp³-hybridized carbons (Fsp3) is 0.125. The van der Waals surface area contributed by atoms with Crippen molar-refractivity contribution in [2.24, 2.45) is 5.73 Å². The highest BCUT2D eigenvalue weighted by Crippen LogP contribution is 2.31. The molecule has 1 unspecified atom stereocenters. The molecule has 0 saturated carbocycles. The number of amides is 2. The van der Waals surface area contributed by atoms with Gasteiger partial charge in [-0.1, -0.05) is 30.3 Å². The van der Waals surface area contributed by atoms with Crippen LogP contribution in [0.3, 0.4) is 0 Å². The van der Waals surface area contributed by atoms with Crippen molar-refractivity contribution >= 4 is 11.8 Å². The zero-order valence-electron chi connectivity index (χ0n) is 11.1. The molecule has 2 aromatic carbocycles. The summed E-state index contributed by atoms with van der Waals surface area (Å²) in [7, 11) is 0. The molecule has 2 aromatic rings. The molecular weight excluding hydrogens is 271 g/mol. The predicted molar refractivity (Wildman–Crippen MR) is 74.7 cm³/mol. The van der Waals surface area contributed by atoms with Gasteiger partial charge in [-0.25, -0.2) is 4.39 Å². The molecule has 106 valence electrons. The van der Waals surface area contributed by atoms with Gasteiger partial charge in [-0.15, -0.1) is 0 Å². The van der Waals surface area contributed by atoms with Gasteiger partial charge in [0.1, 0.15) is 11.9 Å². The van der Waals surface area contributed by atoms with E-state index >= 15 is 0 Å². The number of carbonyl (C=O) groups excluding carboxylic acids is 2. The van der Waals surface area contributed by atoms with Gasteiger partial charge in [-0.3, -0.25) is 9.59 Å². The molecule has 21 heavy (non-hydrogen) atoms. The van der Waals surface area contributed by atoms with Gasteiger partial charge in [0.05, 0.1) is 0 Å². The lowest BCUT2D eigenvalue weighted by Crippen LogP contribution is -2.38. The summed E-state index contributed by atoms with van der Waals surface area (Å²) in [5, 5.41) is 0. The number of carbonyl (C=O) groups is 2. The molecule has 0 bridgehead atoms. The number of rotatable bonds is 3. The van der Waals surface area contributed by atoms with Gasteiger partial charge in [0, 0.05) is 12.1 Å². The van der Waals surface area contributed by atoms with Crippen molar-refractivity contribution in [3.05, 3.63) is 71.0 Å². The first-order valence-electron chi connectivity index (χ1n) is 6.51. The molecule has 0 spiro atoms. The maximum Gasteiger partial charge on any atom is 0.255 e. The second-order valence-electron chi connectivity index (χ2n) is 4.95. The number of primary amides is 1. The zero-order valence-corrected chi connectivity index (χ0v) is 11.1. The van der Waals surface area contributed by atoms with Crippen LogP contribution in [0.15, 0.2) is 48.5 Å². The Morgan fingerprint density at radius 1 is 1.19 bits per heavy atom. The van der Waals surface area contributed by atoms with Gasteiger partial charge >= 0.3 is 0 Å². The smallest absolute Gasteiger partial charge is 0.255 e. The number of benzene rings is 2. The van der Waals surface area contributed by atoms with E-state index in [0.29, 0.717) is 17.7 Å². The van der Waals surface area contributed by atoms with Crippen molar-refractivity contribution in [1.29, 1.82) is 0 Å². The summed E-state index contributed by atoms with van der Waals surface area (Å²) >= 11 is 0. The molecule has 0 aromatic heterocycles. The molecule has 2 amide bonds. The van der Waals surface area contributed by atoms with E-state index in [4.69, 9.17) is 5.73 Å². The van der Waals surface area contributed by atoms with Gasteiger partial charge in [0.2, 0.25) is 5.91 Å². The highest BCUT2D eigenvalue weighted by atomic mass is 19.1. The quantitative estimate of drug-likeness (QED) is 0.937. The Morgan fingerprint density at radius 3 is 2.62 bits per heavy atom. The van der Waals surface area contributed by atoms with E-state index < -0.39 is 17.8 Å². The van der Waals surface area contributed by atoms with Crippen molar-refractivity contribution in [1.82, 2.24) is 4.90 Å². The molecule has 1 aliphatic heterocycles. The van der Waals surface area contributed by atoms with Crippen molar-refractivity contribution < 1.29 is 14.0 Å². The van der Waals surface area contributed by atoms with Crippen LogP contribution in [0.1, 0.15) is 27.5 Å². The summed E-state index contributed by atoms with van der Waals surface area (Å²) in [5.41, 5.74) is 7.21. The lowest BCUT2D eigenvalue weighted by atomic mass is 10.0. The molecule has 0 saturated heterocycles. The lowest BCUT2D eigenvalue weighted by molar-refractivity contribution is -0.122. The Balaban J connectivity index is 2.01. The summed E-state index contributed by atoms with van der Waals surface area (Å²) in [6.07, 6.45) is 0. The first-order valence-corrected chi connectivity index (χ1v) is 6.51. The summed E-state index contributed by atoms with van der Waals surface area (Å²) in [6.45, 7) is 0.291. The first-order chi connectivity index (χ1) is 10.1. The third kappa shape index (κ3) is 2.27. The minimum atomic E-state index is -0.972. The van der Waals surface area contributed by atoms with E-state index in [9.17, 15) is 14.0 Å². The van der Waals surface area contributed by atoms with Gasteiger partial charge < -0.3 is 10.6 Å². The molecule has 0 radical (unpaired) electrons.